The van der Waals surface area contributed by atoms with Crippen molar-refractivity contribution in [2.45, 2.75) is 49.9 Å². The maximum atomic E-state index is 12.6. The predicted molar refractivity (Wildman–Crippen MR) is 123 cm³/mol. The minimum Gasteiger partial charge on any atom is -0.316 e. The second-order valence-corrected chi connectivity index (χ2v) is 10.8. The monoisotopic (exact) mass is 457 g/mol. The van der Waals surface area contributed by atoms with E-state index in [1.54, 1.807) is 11.4 Å². The van der Waals surface area contributed by atoms with Crippen LogP contribution in [0.3, 0.4) is 0 Å². The van der Waals surface area contributed by atoms with Crippen LogP contribution in [0, 0.1) is 17.2 Å². The summed E-state index contributed by atoms with van der Waals surface area (Å²) in [7, 11) is 1.95. The first-order chi connectivity index (χ1) is 14.5. The molecule has 3 aromatic rings. The van der Waals surface area contributed by atoms with E-state index in [1.807, 2.05) is 29.9 Å². The van der Waals surface area contributed by atoms with Crippen LogP contribution in [0.25, 0.3) is 10.7 Å². The van der Waals surface area contributed by atoms with Gasteiger partial charge < -0.3 is 9.88 Å². The topological polar surface area (TPSA) is 83.6 Å². The van der Waals surface area contributed by atoms with Crippen molar-refractivity contribution in [2.75, 3.05) is 5.32 Å². The van der Waals surface area contributed by atoms with Crippen molar-refractivity contribution in [1.29, 1.82) is 5.26 Å². The molecule has 0 fully saturated rings. The van der Waals surface area contributed by atoms with Crippen LogP contribution >= 0.6 is 34.4 Å². The number of thioether (sulfide) groups is 1. The summed E-state index contributed by atoms with van der Waals surface area (Å²) in [4.78, 5) is 15.2. The van der Waals surface area contributed by atoms with E-state index in [2.05, 4.69) is 34.6 Å². The van der Waals surface area contributed by atoms with Gasteiger partial charge in [-0.2, -0.15) is 5.26 Å². The SMILES string of the molecule is CCC1CCc2sc(-c3nnc(SC(C)C(=O)Nc4sccc4C#N)n3C)cc2C1. The number of aryl methyl sites for hydroxylation is 1. The Balaban J connectivity index is 1.47. The van der Waals surface area contributed by atoms with Gasteiger partial charge in [0.2, 0.25) is 5.91 Å². The lowest BCUT2D eigenvalue weighted by molar-refractivity contribution is -0.115. The lowest BCUT2D eigenvalue weighted by Crippen LogP contribution is -2.22. The third-order valence-electron chi connectivity index (χ3n) is 5.49. The minimum atomic E-state index is -0.365. The highest BCUT2D eigenvalue weighted by molar-refractivity contribution is 8.00. The molecule has 1 N–H and O–H groups in total. The molecule has 2 unspecified atom stereocenters. The van der Waals surface area contributed by atoms with E-state index in [9.17, 15) is 4.79 Å². The van der Waals surface area contributed by atoms with Crippen LogP contribution < -0.4 is 5.32 Å². The number of aromatic nitrogens is 3. The van der Waals surface area contributed by atoms with Crippen molar-refractivity contribution in [3.8, 4) is 16.8 Å². The Hall–Kier alpha value is -2.15. The van der Waals surface area contributed by atoms with Crippen molar-refractivity contribution in [1.82, 2.24) is 14.8 Å². The van der Waals surface area contributed by atoms with Crippen molar-refractivity contribution >= 4 is 45.3 Å². The Bertz CT molecular complexity index is 1110. The van der Waals surface area contributed by atoms with Crippen molar-refractivity contribution < 1.29 is 4.79 Å². The molecule has 0 aromatic carbocycles. The normalized spacial score (nSPS) is 16.7. The Morgan fingerprint density at radius 2 is 2.33 bits per heavy atom. The smallest absolute Gasteiger partial charge is 0.238 e. The average Bonchev–Trinajstić information content (AvgIpc) is 3.46. The van der Waals surface area contributed by atoms with E-state index >= 15 is 0 Å². The molecular formula is C21H23N5OS3. The van der Waals surface area contributed by atoms with Crippen LogP contribution in [0.2, 0.25) is 0 Å². The molecule has 3 aromatic heterocycles. The Morgan fingerprint density at radius 1 is 1.50 bits per heavy atom. The summed E-state index contributed by atoms with van der Waals surface area (Å²) in [6, 6.07) is 6.07. The number of thiophene rings is 2. The Labute approximate surface area is 188 Å². The summed E-state index contributed by atoms with van der Waals surface area (Å²) in [5.41, 5.74) is 1.95. The van der Waals surface area contributed by atoms with Crippen LogP contribution in [0.4, 0.5) is 5.00 Å². The lowest BCUT2D eigenvalue weighted by Gasteiger charge is -2.19. The number of carbonyl (C=O) groups is 1. The number of carbonyl (C=O) groups excluding carboxylic acids is 1. The number of rotatable bonds is 6. The molecule has 0 radical (unpaired) electrons. The van der Waals surface area contributed by atoms with E-state index in [-0.39, 0.29) is 11.2 Å². The first-order valence-corrected chi connectivity index (χ1v) is 12.5. The molecule has 0 spiro atoms. The van der Waals surface area contributed by atoms with E-state index < -0.39 is 0 Å². The molecule has 0 bridgehead atoms. The molecule has 6 nitrogen and oxygen atoms in total. The van der Waals surface area contributed by atoms with Gasteiger partial charge in [0, 0.05) is 11.9 Å². The van der Waals surface area contributed by atoms with Crippen molar-refractivity contribution in [3.63, 3.8) is 0 Å². The third-order valence-corrected chi connectivity index (χ3v) is 8.69. The largest absolute Gasteiger partial charge is 0.316 e. The molecule has 3 heterocycles. The number of hydrogen-bond donors (Lipinski definition) is 1. The first kappa shape index (κ1) is 21.1. The molecule has 30 heavy (non-hydrogen) atoms. The van der Waals surface area contributed by atoms with E-state index in [0.717, 1.165) is 29.5 Å². The summed E-state index contributed by atoms with van der Waals surface area (Å²) < 4.78 is 1.97. The number of fused-ring (bicyclic) bond motifs is 1. The van der Waals surface area contributed by atoms with Gasteiger partial charge in [0.25, 0.3) is 0 Å². The van der Waals surface area contributed by atoms with Gasteiger partial charge >= 0.3 is 0 Å². The fourth-order valence-electron chi connectivity index (χ4n) is 3.61. The van der Waals surface area contributed by atoms with Crippen LogP contribution in [-0.4, -0.2) is 25.9 Å². The van der Waals surface area contributed by atoms with Gasteiger partial charge in [0.1, 0.15) is 11.1 Å². The van der Waals surface area contributed by atoms with E-state index in [1.165, 1.54) is 46.4 Å². The van der Waals surface area contributed by atoms with Crippen LogP contribution in [0.1, 0.15) is 42.7 Å². The van der Waals surface area contributed by atoms with Crippen LogP contribution in [-0.2, 0) is 24.7 Å². The molecule has 0 aliphatic heterocycles. The Morgan fingerprint density at radius 3 is 3.10 bits per heavy atom. The summed E-state index contributed by atoms with van der Waals surface area (Å²) in [5, 5.41) is 23.4. The zero-order valence-electron chi connectivity index (χ0n) is 17.1. The molecule has 1 amide bonds. The fraction of sp³-hybridized carbons (Fsp3) is 0.429. The molecule has 2 atom stereocenters. The van der Waals surface area contributed by atoms with Crippen molar-refractivity contribution in [2.24, 2.45) is 13.0 Å². The van der Waals surface area contributed by atoms with Gasteiger partial charge in [0.05, 0.1) is 15.7 Å². The highest BCUT2D eigenvalue weighted by atomic mass is 32.2. The number of nitrogens with one attached hydrogen (secondary N) is 1. The van der Waals surface area contributed by atoms with Gasteiger partial charge in [-0.05, 0) is 55.2 Å². The molecule has 9 heteroatoms. The average molecular weight is 458 g/mol. The summed E-state index contributed by atoms with van der Waals surface area (Å²) >= 11 is 4.54. The number of hydrogen-bond acceptors (Lipinski definition) is 7. The first-order valence-electron chi connectivity index (χ1n) is 9.96. The molecule has 156 valence electrons. The minimum absolute atomic E-state index is 0.152. The number of anilines is 1. The second-order valence-electron chi connectivity index (χ2n) is 7.47. The van der Waals surface area contributed by atoms with Gasteiger partial charge in [-0.1, -0.05) is 25.1 Å². The lowest BCUT2D eigenvalue weighted by atomic mass is 9.87. The highest BCUT2D eigenvalue weighted by Crippen LogP contribution is 2.38. The fourth-order valence-corrected chi connectivity index (χ4v) is 6.39. The van der Waals surface area contributed by atoms with E-state index in [0.29, 0.717) is 15.7 Å². The number of nitriles is 1. The Kier molecular flexibility index (Phi) is 6.27. The molecule has 0 saturated heterocycles. The standard InChI is InChI=1S/C21H23N5OS3/c1-4-13-5-6-16-15(9-13)10-17(30-16)18-24-25-21(26(18)3)29-12(2)19(27)23-20-14(11-22)7-8-28-20/h7-8,10,12-13H,4-6,9H2,1-3H3,(H,23,27). The molecule has 0 saturated carbocycles. The number of amides is 1. The maximum absolute atomic E-state index is 12.6. The quantitative estimate of drug-likeness (QED) is 0.520. The third kappa shape index (κ3) is 4.17. The molecule has 1 aliphatic carbocycles. The molecule has 4 rings (SSSR count). The van der Waals surface area contributed by atoms with Gasteiger partial charge in [-0.25, -0.2) is 0 Å². The predicted octanol–water partition coefficient (Wildman–Crippen LogP) is 5.11. The van der Waals surface area contributed by atoms with Crippen LogP contribution in [0.5, 0.6) is 0 Å². The van der Waals surface area contributed by atoms with Gasteiger partial charge in [-0.3, -0.25) is 4.79 Å². The van der Waals surface area contributed by atoms with E-state index in [4.69, 9.17) is 5.26 Å². The highest BCUT2D eigenvalue weighted by Gasteiger charge is 2.24. The number of nitrogens with zero attached hydrogens (tertiary/aromatic N) is 4. The van der Waals surface area contributed by atoms with Crippen LogP contribution in [0.15, 0.2) is 22.7 Å². The van der Waals surface area contributed by atoms with Crippen molar-refractivity contribution in [3.05, 3.63) is 33.5 Å². The maximum Gasteiger partial charge on any atom is 0.238 e. The second kappa shape index (κ2) is 8.92. The summed E-state index contributed by atoms with van der Waals surface area (Å²) in [5.74, 6) is 1.48. The van der Waals surface area contributed by atoms with Gasteiger partial charge in [-0.15, -0.1) is 32.9 Å². The molecular weight excluding hydrogens is 434 g/mol. The summed E-state index contributed by atoms with van der Waals surface area (Å²) in [6.07, 6.45) is 4.82. The zero-order valence-corrected chi connectivity index (χ0v) is 19.6. The summed E-state index contributed by atoms with van der Waals surface area (Å²) in [6.45, 7) is 4.11. The molecule has 1 aliphatic rings. The van der Waals surface area contributed by atoms with Gasteiger partial charge in [0.15, 0.2) is 11.0 Å². The zero-order chi connectivity index (χ0) is 21.3.